The van der Waals surface area contributed by atoms with Gasteiger partial charge < -0.3 is 0 Å². The van der Waals surface area contributed by atoms with E-state index in [1.54, 1.807) is 0 Å². The predicted octanol–water partition coefficient (Wildman–Crippen LogP) is 2.96. The SMILES string of the molecule is CCC1(C)CC1(C)Br. The van der Waals surface area contributed by atoms with E-state index in [-0.39, 0.29) is 0 Å². The Morgan fingerprint density at radius 3 is 1.88 bits per heavy atom. The van der Waals surface area contributed by atoms with E-state index in [1.165, 1.54) is 12.8 Å². The van der Waals surface area contributed by atoms with Crippen molar-refractivity contribution in [1.82, 2.24) is 0 Å². The summed E-state index contributed by atoms with van der Waals surface area (Å²) in [7, 11) is 0. The van der Waals surface area contributed by atoms with Crippen molar-refractivity contribution >= 4 is 15.9 Å². The molecule has 0 bridgehead atoms. The summed E-state index contributed by atoms with van der Waals surface area (Å²) in [6, 6.07) is 0. The summed E-state index contributed by atoms with van der Waals surface area (Å²) in [6.45, 7) is 6.87. The molecule has 0 saturated heterocycles. The smallest absolute Gasteiger partial charge is 0.0289 e. The molecule has 1 rings (SSSR count). The minimum absolute atomic E-state index is 0.467. The molecule has 1 saturated carbocycles. The fourth-order valence-corrected chi connectivity index (χ4v) is 2.08. The summed E-state index contributed by atoms with van der Waals surface area (Å²) in [6.07, 6.45) is 2.64. The molecule has 0 nitrogen and oxygen atoms in total. The van der Waals surface area contributed by atoms with Crippen LogP contribution in [0.5, 0.6) is 0 Å². The second-order valence-corrected chi connectivity index (χ2v) is 5.04. The first-order chi connectivity index (χ1) is 3.52. The van der Waals surface area contributed by atoms with Crippen LogP contribution in [0.2, 0.25) is 0 Å². The molecule has 48 valence electrons. The van der Waals surface area contributed by atoms with Crippen molar-refractivity contribution in [3.05, 3.63) is 0 Å². The molecule has 2 atom stereocenters. The molecule has 1 heteroatoms. The zero-order valence-electron chi connectivity index (χ0n) is 5.79. The van der Waals surface area contributed by atoms with Gasteiger partial charge >= 0.3 is 0 Å². The van der Waals surface area contributed by atoms with Crippen LogP contribution < -0.4 is 0 Å². The monoisotopic (exact) mass is 176 g/mol. The van der Waals surface area contributed by atoms with Crippen LogP contribution in [0.4, 0.5) is 0 Å². The van der Waals surface area contributed by atoms with E-state index in [0.717, 1.165) is 0 Å². The molecule has 1 aliphatic rings. The van der Waals surface area contributed by atoms with E-state index in [1.807, 2.05) is 0 Å². The van der Waals surface area contributed by atoms with Crippen molar-refractivity contribution in [3.63, 3.8) is 0 Å². The van der Waals surface area contributed by atoms with Gasteiger partial charge in [-0.15, -0.1) is 0 Å². The van der Waals surface area contributed by atoms with Crippen molar-refractivity contribution in [2.24, 2.45) is 5.41 Å². The lowest BCUT2D eigenvalue weighted by molar-refractivity contribution is 0.522. The van der Waals surface area contributed by atoms with Gasteiger partial charge in [-0.2, -0.15) is 0 Å². The zero-order valence-corrected chi connectivity index (χ0v) is 7.38. The van der Waals surface area contributed by atoms with E-state index in [4.69, 9.17) is 0 Å². The van der Waals surface area contributed by atoms with Crippen LogP contribution in [-0.2, 0) is 0 Å². The van der Waals surface area contributed by atoms with Gasteiger partial charge in [-0.25, -0.2) is 0 Å². The normalized spacial score (nSPS) is 54.0. The second kappa shape index (κ2) is 1.50. The van der Waals surface area contributed by atoms with Crippen LogP contribution in [0.15, 0.2) is 0 Å². The van der Waals surface area contributed by atoms with Crippen LogP contribution >= 0.6 is 15.9 Å². The molecule has 0 heterocycles. The molecule has 1 aliphatic carbocycles. The maximum absolute atomic E-state index is 3.67. The first-order valence-electron chi connectivity index (χ1n) is 3.21. The Kier molecular flexibility index (Phi) is 1.24. The van der Waals surface area contributed by atoms with Gasteiger partial charge in [0.25, 0.3) is 0 Å². The molecule has 0 aromatic carbocycles. The molecular weight excluding hydrogens is 164 g/mol. The maximum Gasteiger partial charge on any atom is 0.0289 e. The van der Waals surface area contributed by atoms with Gasteiger partial charge in [0.1, 0.15) is 0 Å². The Bertz CT molecular complexity index is 107. The Balaban J connectivity index is 2.55. The third-order valence-corrected chi connectivity index (χ3v) is 3.87. The van der Waals surface area contributed by atoms with E-state index in [0.29, 0.717) is 9.74 Å². The van der Waals surface area contributed by atoms with E-state index in [9.17, 15) is 0 Å². The fourth-order valence-electron chi connectivity index (χ4n) is 1.18. The van der Waals surface area contributed by atoms with E-state index < -0.39 is 0 Å². The molecule has 0 amide bonds. The van der Waals surface area contributed by atoms with Crippen molar-refractivity contribution in [3.8, 4) is 0 Å². The quantitative estimate of drug-likeness (QED) is 0.540. The number of hydrogen-bond donors (Lipinski definition) is 0. The van der Waals surface area contributed by atoms with Crippen molar-refractivity contribution in [2.75, 3.05) is 0 Å². The minimum Gasteiger partial charge on any atom is -0.0850 e. The first-order valence-corrected chi connectivity index (χ1v) is 4.00. The average molecular weight is 177 g/mol. The lowest BCUT2D eigenvalue weighted by atomic mass is 10.0. The molecule has 0 radical (unpaired) electrons. The molecule has 0 aromatic rings. The number of hydrogen-bond acceptors (Lipinski definition) is 0. The first kappa shape index (κ1) is 6.60. The summed E-state index contributed by atoms with van der Waals surface area (Å²) in [5, 5.41) is 0. The lowest BCUT2D eigenvalue weighted by Gasteiger charge is -2.07. The fraction of sp³-hybridized carbons (Fsp3) is 1.00. The largest absolute Gasteiger partial charge is 0.0850 e. The molecular formula is C7H13Br. The number of alkyl halides is 1. The van der Waals surface area contributed by atoms with E-state index >= 15 is 0 Å². The highest BCUT2D eigenvalue weighted by molar-refractivity contribution is 9.10. The third kappa shape index (κ3) is 0.717. The van der Waals surface area contributed by atoms with Gasteiger partial charge in [0, 0.05) is 4.32 Å². The van der Waals surface area contributed by atoms with Crippen LogP contribution in [0, 0.1) is 5.41 Å². The van der Waals surface area contributed by atoms with Crippen molar-refractivity contribution in [2.45, 2.75) is 37.9 Å². The maximum atomic E-state index is 3.67. The predicted molar refractivity (Wildman–Crippen MR) is 40.3 cm³/mol. The van der Waals surface area contributed by atoms with Gasteiger partial charge in [-0.3, -0.25) is 0 Å². The van der Waals surface area contributed by atoms with Gasteiger partial charge in [0.15, 0.2) is 0 Å². The van der Waals surface area contributed by atoms with Crippen molar-refractivity contribution < 1.29 is 0 Å². The standard InChI is InChI=1S/C7H13Br/c1-4-6(2)5-7(6,3)8/h4-5H2,1-3H3. The van der Waals surface area contributed by atoms with Gasteiger partial charge in [-0.1, -0.05) is 29.8 Å². The summed E-state index contributed by atoms with van der Waals surface area (Å²) in [5.41, 5.74) is 0.604. The third-order valence-electron chi connectivity index (χ3n) is 2.64. The van der Waals surface area contributed by atoms with Gasteiger partial charge in [-0.05, 0) is 25.2 Å². The number of rotatable bonds is 1. The minimum atomic E-state index is 0.467. The van der Waals surface area contributed by atoms with Crippen LogP contribution in [0.25, 0.3) is 0 Å². The Labute approximate surface area is 59.8 Å². The van der Waals surface area contributed by atoms with Crippen LogP contribution in [0.1, 0.15) is 33.6 Å². The molecule has 0 N–H and O–H groups in total. The molecule has 0 aliphatic heterocycles. The Morgan fingerprint density at radius 2 is 1.88 bits per heavy atom. The van der Waals surface area contributed by atoms with E-state index in [2.05, 4.69) is 36.7 Å². The molecule has 2 unspecified atom stereocenters. The van der Waals surface area contributed by atoms with Crippen LogP contribution in [0.3, 0.4) is 0 Å². The zero-order chi connectivity index (χ0) is 6.41. The highest BCUT2D eigenvalue weighted by atomic mass is 79.9. The summed E-state index contributed by atoms with van der Waals surface area (Å²) in [5.74, 6) is 0. The summed E-state index contributed by atoms with van der Waals surface area (Å²) >= 11 is 3.67. The van der Waals surface area contributed by atoms with Crippen molar-refractivity contribution in [1.29, 1.82) is 0 Å². The van der Waals surface area contributed by atoms with Gasteiger partial charge in [0.05, 0.1) is 0 Å². The topological polar surface area (TPSA) is 0 Å². The summed E-state index contributed by atoms with van der Waals surface area (Å²) < 4.78 is 0.467. The molecule has 8 heavy (non-hydrogen) atoms. The summed E-state index contributed by atoms with van der Waals surface area (Å²) in [4.78, 5) is 0. The highest BCUT2D eigenvalue weighted by Crippen LogP contribution is 2.63. The average Bonchev–Trinajstić information content (AvgIpc) is 2.10. The van der Waals surface area contributed by atoms with Crippen LogP contribution in [-0.4, -0.2) is 4.32 Å². The number of halogens is 1. The molecule has 0 spiro atoms. The Hall–Kier alpha value is 0.480. The highest BCUT2D eigenvalue weighted by Gasteiger charge is 2.57. The Morgan fingerprint density at radius 1 is 1.50 bits per heavy atom. The second-order valence-electron chi connectivity index (χ2n) is 3.29. The molecule has 0 aromatic heterocycles. The van der Waals surface area contributed by atoms with Gasteiger partial charge in [0.2, 0.25) is 0 Å². The lowest BCUT2D eigenvalue weighted by Crippen LogP contribution is -2.03. The molecule has 1 fully saturated rings.